The molecular formula is C13H14N2. The first-order chi connectivity index (χ1) is 7.43. The molecule has 15 heavy (non-hydrogen) atoms. The predicted octanol–water partition coefficient (Wildman–Crippen LogP) is 2.84. The van der Waals surface area contributed by atoms with Crippen molar-refractivity contribution in [1.29, 1.82) is 0 Å². The number of nitrogens with zero attached hydrogens (tertiary/aromatic N) is 2. The molecule has 2 heteroatoms. The quantitative estimate of drug-likeness (QED) is 0.700. The Bertz CT molecular complexity index is 473. The lowest BCUT2D eigenvalue weighted by Crippen LogP contribution is -2.18. The number of aromatic nitrogens is 1. The molecule has 0 amide bonds. The molecule has 1 aromatic carbocycles. The Labute approximate surface area is 89.5 Å². The average Bonchev–Trinajstić information content (AvgIpc) is 2.82. The van der Waals surface area contributed by atoms with Crippen LogP contribution in [-0.4, -0.2) is 18.1 Å². The molecule has 1 saturated heterocycles. The molecule has 1 aromatic heterocycles. The van der Waals surface area contributed by atoms with Crippen LogP contribution in [0.4, 0.5) is 5.82 Å². The second kappa shape index (κ2) is 3.54. The maximum atomic E-state index is 4.51. The number of rotatable bonds is 1. The highest BCUT2D eigenvalue weighted by atomic mass is 15.2. The molecule has 0 N–H and O–H groups in total. The topological polar surface area (TPSA) is 16.1 Å². The summed E-state index contributed by atoms with van der Waals surface area (Å²) in [5.74, 6) is 1.13. The maximum Gasteiger partial charge on any atom is 0.129 e. The second-order valence-corrected chi connectivity index (χ2v) is 4.08. The lowest BCUT2D eigenvalue weighted by atomic mass is 10.2. The van der Waals surface area contributed by atoms with Crippen molar-refractivity contribution >= 4 is 16.6 Å². The van der Waals surface area contributed by atoms with Crippen molar-refractivity contribution < 1.29 is 0 Å². The molecule has 2 aromatic rings. The molecule has 0 atom stereocenters. The van der Waals surface area contributed by atoms with Gasteiger partial charge < -0.3 is 4.90 Å². The largest absolute Gasteiger partial charge is 0.357 e. The average molecular weight is 198 g/mol. The van der Waals surface area contributed by atoms with E-state index >= 15 is 0 Å². The van der Waals surface area contributed by atoms with Crippen LogP contribution in [0.1, 0.15) is 12.8 Å². The summed E-state index contributed by atoms with van der Waals surface area (Å²) >= 11 is 0. The summed E-state index contributed by atoms with van der Waals surface area (Å²) in [6.07, 6.45) is 4.58. The van der Waals surface area contributed by atoms with E-state index in [4.69, 9.17) is 0 Å². The van der Waals surface area contributed by atoms with Gasteiger partial charge in [0.2, 0.25) is 0 Å². The molecule has 1 fully saturated rings. The standard InChI is InChI=1S/C13H14N2/c1-2-6-12-10-14-13(9-11(12)5-1)15-7-3-4-8-15/h1-2,5-6,9-10H,3-4,7-8H2. The Balaban J connectivity index is 2.05. The number of hydrogen-bond donors (Lipinski definition) is 0. The molecule has 0 spiro atoms. The summed E-state index contributed by atoms with van der Waals surface area (Å²) in [5.41, 5.74) is 0. The number of pyridine rings is 1. The summed E-state index contributed by atoms with van der Waals surface area (Å²) in [7, 11) is 0. The zero-order valence-corrected chi connectivity index (χ0v) is 8.69. The van der Waals surface area contributed by atoms with E-state index in [0.717, 1.165) is 18.9 Å². The van der Waals surface area contributed by atoms with Crippen molar-refractivity contribution in [1.82, 2.24) is 4.98 Å². The van der Waals surface area contributed by atoms with E-state index in [1.807, 2.05) is 6.20 Å². The molecule has 0 radical (unpaired) electrons. The Hall–Kier alpha value is -1.57. The van der Waals surface area contributed by atoms with E-state index in [2.05, 4.69) is 40.2 Å². The molecular weight excluding hydrogens is 184 g/mol. The minimum atomic E-state index is 1.13. The Kier molecular flexibility index (Phi) is 2.05. The molecule has 76 valence electrons. The lowest BCUT2D eigenvalue weighted by molar-refractivity contribution is 0.941. The van der Waals surface area contributed by atoms with Crippen LogP contribution in [0.5, 0.6) is 0 Å². The molecule has 2 nitrogen and oxygen atoms in total. The summed E-state index contributed by atoms with van der Waals surface area (Å²) < 4.78 is 0. The van der Waals surface area contributed by atoms with Crippen LogP contribution in [0, 0.1) is 0 Å². The van der Waals surface area contributed by atoms with Crippen LogP contribution >= 0.6 is 0 Å². The predicted molar refractivity (Wildman–Crippen MR) is 63.2 cm³/mol. The molecule has 1 aliphatic rings. The van der Waals surface area contributed by atoms with Gasteiger partial charge in [-0.3, -0.25) is 0 Å². The van der Waals surface area contributed by atoms with Crippen LogP contribution in [0.15, 0.2) is 36.5 Å². The van der Waals surface area contributed by atoms with Gasteiger partial charge in [-0.1, -0.05) is 24.3 Å². The van der Waals surface area contributed by atoms with Gasteiger partial charge in [0, 0.05) is 24.7 Å². The number of fused-ring (bicyclic) bond motifs is 1. The van der Waals surface area contributed by atoms with E-state index in [9.17, 15) is 0 Å². The number of benzene rings is 1. The molecule has 1 aliphatic heterocycles. The SMILES string of the molecule is c1ccc2cc(N3CCCC3)ncc2c1. The molecule has 0 unspecified atom stereocenters. The van der Waals surface area contributed by atoms with E-state index in [1.165, 1.54) is 23.6 Å². The normalized spacial score (nSPS) is 16.1. The van der Waals surface area contributed by atoms with Crippen molar-refractivity contribution in [2.24, 2.45) is 0 Å². The fourth-order valence-corrected chi connectivity index (χ4v) is 2.19. The minimum absolute atomic E-state index is 1.13. The lowest BCUT2D eigenvalue weighted by Gasteiger charge is -2.16. The monoisotopic (exact) mass is 198 g/mol. The van der Waals surface area contributed by atoms with Gasteiger partial charge >= 0.3 is 0 Å². The minimum Gasteiger partial charge on any atom is -0.357 e. The van der Waals surface area contributed by atoms with Crippen molar-refractivity contribution in [3.05, 3.63) is 36.5 Å². The van der Waals surface area contributed by atoms with E-state index in [1.54, 1.807) is 0 Å². The summed E-state index contributed by atoms with van der Waals surface area (Å²) in [6.45, 7) is 2.32. The number of hydrogen-bond acceptors (Lipinski definition) is 2. The van der Waals surface area contributed by atoms with Crippen LogP contribution in [-0.2, 0) is 0 Å². The van der Waals surface area contributed by atoms with Gasteiger partial charge in [-0.15, -0.1) is 0 Å². The first-order valence-electron chi connectivity index (χ1n) is 5.53. The molecule has 0 aliphatic carbocycles. The van der Waals surface area contributed by atoms with Crippen molar-refractivity contribution in [2.45, 2.75) is 12.8 Å². The van der Waals surface area contributed by atoms with Gasteiger partial charge in [0.1, 0.15) is 5.82 Å². The summed E-state index contributed by atoms with van der Waals surface area (Å²) in [5, 5.41) is 2.51. The second-order valence-electron chi connectivity index (χ2n) is 4.08. The maximum absolute atomic E-state index is 4.51. The molecule has 3 rings (SSSR count). The van der Waals surface area contributed by atoms with Gasteiger partial charge in [0.05, 0.1) is 0 Å². The zero-order chi connectivity index (χ0) is 10.1. The number of anilines is 1. The molecule has 2 heterocycles. The highest BCUT2D eigenvalue weighted by Crippen LogP contribution is 2.22. The van der Waals surface area contributed by atoms with E-state index in [-0.39, 0.29) is 0 Å². The third-order valence-electron chi connectivity index (χ3n) is 3.05. The highest BCUT2D eigenvalue weighted by Gasteiger charge is 2.13. The zero-order valence-electron chi connectivity index (χ0n) is 8.69. The Morgan fingerprint density at radius 1 is 1.00 bits per heavy atom. The smallest absolute Gasteiger partial charge is 0.129 e. The van der Waals surface area contributed by atoms with Crippen LogP contribution in [0.3, 0.4) is 0 Å². The van der Waals surface area contributed by atoms with Gasteiger partial charge in [-0.05, 0) is 24.3 Å². The van der Waals surface area contributed by atoms with Gasteiger partial charge in [0.25, 0.3) is 0 Å². The van der Waals surface area contributed by atoms with Crippen LogP contribution in [0.25, 0.3) is 10.8 Å². The fraction of sp³-hybridized carbons (Fsp3) is 0.308. The van der Waals surface area contributed by atoms with E-state index < -0.39 is 0 Å². The van der Waals surface area contributed by atoms with Crippen LogP contribution < -0.4 is 4.90 Å². The summed E-state index contributed by atoms with van der Waals surface area (Å²) in [6, 6.07) is 10.6. The van der Waals surface area contributed by atoms with Gasteiger partial charge in [0.15, 0.2) is 0 Å². The highest BCUT2D eigenvalue weighted by molar-refractivity contribution is 5.83. The molecule has 0 bridgehead atoms. The van der Waals surface area contributed by atoms with Gasteiger partial charge in [-0.25, -0.2) is 4.98 Å². The summed E-state index contributed by atoms with van der Waals surface area (Å²) in [4.78, 5) is 6.88. The third-order valence-corrected chi connectivity index (χ3v) is 3.05. The Morgan fingerprint density at radius 2 is 1.73 bits per heavy atom. The Morgan fingerprint density at radius 3 is 2.53 bits per heavy atom. The van der Waals surface area contributed by atoms with Crippen molar-refractivity contribution in [3.8, 4) is 0 Å². The molecule has 0 saturated carbocycles. The van der Waals surface area contributed by atoms with Gasteiger partial charge in [-0.2, -0.15) is 0 Å². The fourth-order valence-electron chi connectivity index (χ4n) is 2.19. The first kappa shape index (κ1) is 8.72. The van der Waals surface area contributed by atoms with Crippen molar-refractivity contribution in [2.75, 3.05) is 18.0 Å². The van der Waals surface area contributed by atoms with Crippen LogP contribution in [0.2, 0.25) is 0 Å². The first-order valence-corrected chi connectivity index (χ1v) is 5.53. The third kappa shape index (κ3) is 1.56. The van der Waals surface area contributed by atoms with E-state index in [0.29, 0.717) is 0 Å². The van der Waals surface area contributed by atoms with Crippen molar-refractivity contribution in [3.63, 3.8) is 0 Å².